The van der Waals surface area contributed by atoms with Crippen molar-refractivity contribution in [1.82, 2.24) is 10.3 Å². The van der Waals surface area contributed by atoms with Gasteiger partial charge in [0, 0.05) is 29.1 Å². The summed E-state index contributed by atoms with van der Waals surface area (Å²) in [5.74, 6) is 0.216. The van der Waals surface area contributed by atoms with Gasteiger partial charge in [-0.05, 0) is 73.9 Å². The Morgan fingerprint density at radius 2 is 1.81 bits per heavy atom. The predicted molar refractivity (Wildman–Crippen MR) is 116 cm³/mol. The van der Waals surface area contributed by atoms with E-state index in [0.29, 0.717) is 28.3 Å². The third-order valence-corrected chi connectivity index (χ3v) is 5.02. The average molecular weight is 417 g/mol. The lowest BCUT2D eigenvalue weighted by Crippen LogP contribution is -2.25. The van der Waals surface area contributed by atoms with Crippen LogP contribution in [-0.2, 0) is 6.61 Å². The molecule has 0 spiro atoms. The van der Waals surface area contributed by atoms with Crippen molar-refractivity contribution >= 4 is 17.5 Å². The molecule has 1 aromatic heterocycles. The number of aryl methyl sites for hydroxylation is 1. The Balaban J connectivity index is 1.39. The molecule has 0 aliphatic heterocycles. The number of hydrogen-bond acceptors (Lipinski definition) is 5. The smallest absolute Gasteiger partial charge is 0.255 e. The van der Waals surface area contributed by atoms with Crippen LogP contribution < -0.4 is 15.4 Å². The molecule has 1 saturated carbocycles. The Morgan fingerprint density at radius 3 is 2.52 bits per heavy atom. The minimum atomic E-state index is -0.281. The zero-order valence-electron chi connectivity index (χ0n) is 17.1. The van der Waals surface area contributed by atoms with Crippen LogP contribution in [0.5, 0.6) is 11.5 Å². The minimum absolute atomic E-state index is 0.0712. The van der Waals surface area contributed by atoms with Crippen LogP contribution in [0.15, 0.2) is 60.8 Å². The summed E-state index contributed by atoms with van der Waals surface area (Å²) in [6.07, 6.45) is 3.62. The maximum absolute atomic E-state index is 12.7. The van der Waals surface area contributed by atoms with Gasteiger partial charge in [0.05, 0.1) is 0 Å². The maximum atomic E-state index is 12.7. The highest BCUT2D eigenvalue weighted by molar-refractivity contribution is 6.05. The summed E-state index contributed by atoms with van der Waals surface area (Å²) in [4.78, 5) is 29.0. The fourth-order valence-electron chi connectivity index (χ4n) is 2.98. The van der Waals surface area contributed by atoms with Crippen LogP contribution in [-0.4, -0.2) is 27.9 Å². The zero-order chi connectivity index (χ0) is 21.8. The number of aromatic hydroxyl groups is 1. The molecule has 0 radical (unpaired) electrons. The predicted octanol–water partition coefficient (Wildman–Crippen LogP) is 3.82. The van der Waals surface area contributed by atoms with Crippen LogP contribution >= 0.6 is 0 Å². The number of nitrogens with zero attached hydrogens (tertiary/aromatic N) is 1. The van der Waals surface area contributed by atoms with E-state index in [1.165, 1.54) is 0 Å². The Kier molecular flexibility index (Phi) is 5.84. The highest BCUT2D eigenvalue weighted by atomic mass is 16.5. The van der Waals surface area contributed by atoms with Gasteiger partial charge in [-0.25, -0.2) is 0 Å². The van der Waals surface area contributed by atoms with E-state index in [0.717, 1.165) is 18.4 Å². The van der Waals surface area contributed by atoms with Crippen LogP contribution in [0.3, 0.4) is 0 Å². The molecular weight excluding hydrogens is 394 g/mol. The summed E-state index contributed by atoms with van der Waals surface area (Å²) in [6, 6.07) is 15.4. The van der Waals surface area contributed by atoms with Gasteiger partial charge in [-0.3, -0.25) is 14.6 Å². The fourth-order valence-corrected chi connectivity index (χ4v) is 2.98. The second-order valence-electron chi connectivity index (χ2n) is 7.51. The molecule has 7 nitrogen and oxygen atoms in total. The lowest BCUT2D eigenvalue weighted by Gasteiger charge is -2.12. The van der Waals surface area contributed by atoms with E-state index in [1.807, 2.05) is 13.0 Å². The van der Waals surface area contributed by atoms with Crippen molar-refractivity contribution in [1.29, 1.82) is 0 Å². The van der Waals surface area contributed by atoms with Crippen LogP contribution in [0.4, 0.5) is 5.69 Å². The van der Waals surface area contributed by atoms with Gasteiger partial charge in [0.25, 0.3) is 11.8 Å². The van der Waals surface area contributed by atoms with Crippen molar-refractivity contribution in [3.8, 4) is 11.5 Å². The van der Waals surface area contributed by atoms with Crippen molar-refractivity contribution in [2.75, 3.05) is 5.32 Å². The third kappa shape index (κ3) is 5.19. The van der Waals surface area contributed by atoms with Gasteiger partial charge in [-0.15, -0.1) is 0 Å². The number of aromatic nitrogens is 1. The maximum Gasteiger partial charge on any atom is 0.255 e. The van der Waals surface area contributed by atoms with Crippen molar-refractivity contribution in [2.45, 2.75) is 32.4 Å². The molecule has 2 aromatic carbocycles. The summed E-state index contributed by atoms with van der Waals surface area (Å²) in [7, 11) is 0. The highest BCUT2D eigenvalue weighted by Gasteiger charge is 2.24. The van der Waals surface area contributed by atoms with E-state index >= 15 is 0 Å². The molecule has 7 heteroatoms. The molecule has 1 aliphatic rings. The first-order chi connectivity index (χ1) is 15.0. The summed E-state index contributed by atoms with van der Waals surface area (Å²) < 4.78 is 5.63. The molecule has 3 N–H and O–H groups in total. The van der Waals surface area contributed by atoms with Gasteiger partial charge in [-0.1, -0.05) is 6.07 Å². The molecule has 4 rings (SSSR count). The van der Waals surface area contributed by atoms with E-state index in [-0.39, 0.29) is 30.2 Å². The van der Waals surface area contributed by atoms with Gasteiger partial charge in [0.2, 0.25) is 0 Å². The summed E-state index contributed by atoms with van der Waals surface area (Å²) >= 11 is 0. The van der Waals surface area contributed by atoms with Crippen molar-refractivity contribution in [3.05, 3.63) is 83.2 Å². The van der Waals surface area contributed by atoms with Gasteiger partial charge >= 0.3 is 0 Å². The Hall–Kier alpha value is -3.87. The van der Waals surface area contributed by atoms with E-state index in [2.05, 4.69) is 15.6 Å². The van der Waals surface area contributed by atoms with Crippen molar-refractivity contribution < 1.29 is 19.4 Å². The Morgan fingerprint density at radius 1 is 1.06 bits per heavy atom. The minimum Gasteiger partial charge on any atom is -0.506 e. The molecule has 1 aliphatic carbocycles. The molecule has 0 bridgehead atoms. The first kappa shape index (κ1) is 20.4. The van der Waals surface area contributed by atoms with Crippen LogP contribution in [0.1, 0.15) is 44.8 Å². The molecular formula is C24H23N3O4. The lowest BCUT2D eigenvalue weighted by molar-refractivity contribution is 0.0949. The quantitative estimate of drug-likeness (QED) is 0.543. The number of benzene rings is 2. The van der Waals surface area contributed by atoms with E-state index in [4.69, 9.17) is 4.74 Å². The topological polar surface area (TPSA) is 101 Å². The number of amides is 2. The normalized spacial score (nSPS) is 12.8. The molecule has 1 fully saturated rings. The number of anilines is 1. The molecule has 2 amide bonds. The standard InChI is InChI=1S/C24H23N3O4/c1-15-4-5-17(24(30)26-18-8-9-18)13-20(15)27-23(29)16-6-10-19(11-7-16)31-14-21-22(28)3-2-12-25-21/h2-7,10-13,18,28H,8-9,14H2,1H3,(H,26,30)(H,27,29). The third-order valence-electron chi connectivity index (χ3n) is 5.02. The van der Waals surface area contributed by atoms with Crippen LogP contribution in [0.25, 0.3) is 0 Å². The van der Waals surface area contributed by atoms with Gasteiger partial charge < -0.3 is 20.5 Å². The number of hydrogen-bond donors (Lipinski definition) is 3. The Bertz CT molecular complexity index is 1110. The number of rotatable bonds is 7. The number of carbonyl (C=O) groups excluding carboxylic acids is 2. The SMILES string of the molecule is Cc1ccc(C(=O)NC2CC2)cc1NC(=O)c1ccc(OCc2ncccc2O)cc1. The van der Waals surface area contributed by atoms with Crippen molar-refractivity contribution in [2.24, 2.45) is 0 Å². The van der Waals surface area contributed by atoms with E-state index in [9.17, 15) is 14.7 Å². The largest absolute Gasteiger partial charge is 0.506 e. The van der Waals surface area contributed by atoms with Gasteiger partial charge in [0.15, 0.2) is 0 Å². The molecule has 158 valence electrons. The summed E-state index contributed by atoms with van der Waals surface area (Å²) in [6.45, 7) is 2.00. The second kappa shape index (κ2) is 8.87. The monoisotopic (exact) mass is 417 g/mol. The number of nitrogens with one attached hydrogen (secondary N) is 2. The van der Waals surface area contributed by atoms with Gasteiger partial charge in [-0.2, -0.15) is 0 Å². The average Bonchev–Trinajstić information content (AvgIpc) is 3.59. The van der Waals surface area contributed by atoms with Crippen LogP contribution in [0.2, 0.25) is 0 Å². The zero-order valence-corrected chi connectivity index (χ0v) is 17.1. The molecule has 0 unspecified atom stereocenters. The first-order valence-corrected chi connectivity index (χ1v) is 10.1. The second-order valence-corrected chi connectivity index (χ2v) is 7.51. The van der Waals surface area contributed by atoms with Crippen molar-refractivity contribution in [3.63, 3.8) is 0 Å². The summed E-state index contributed by atoms with van der Waals surface area (Å²) in [5, 5.41) is 15.6. The Labute approximate surface area is 180 Å². The lowest BCUT2D eigenvalue weighted by atomic mass is 10.1. The highest BCUT2D eigenvalue weighted by Crippen LogP contribution is 2.22. The number of ether oxygens (including phenoxy) is 1. The van der Waals surface area contributed by atoms with Gasteiger partial charge in [0.1, 0.15) is 23.8 Å². The molecule has 3 aromatic rings. The number of pyridine rings is 1. The number of carbonyl (C=O) groups is 2. The molecule has 1 heterocycles. The van der Waals surface area contributed by atoms with Crippen LogP contribution in [0, 0.1) is 6.92 Å². The summed E-state index contributed by atoms with van der Waals surface area (Å²) in [5.41, 5.74) is 2.88. The molecule has 31 heavy (non-hydrogen) atoms. The fraction of sp³-hybridized carbons (Fsp3) is 0.208. The van der Waals surface area contributed by atoms with E-state index in [1.54, 1.807) is 54.7 Å². The molecule has 0 saturated heterocycles. The van der Waals surface area contributed by atoms with E-state index < -0.39 is 0 Å². The molecule has 0 atom stereocenters. The first-order valence-electron chi connectivity index (χ1n) is 10.1.